The van der Waals surface area contributed by atoms with Crippen LogP contribution in [0.2, 0.25) is 0 Å². The minimum absolute atomic E-state index is 0.0115. The lowest BCUT2D eigenvalue weighted by molar-refractivity contribution is -0.146. The van der Waals surface area contributed by atoms with Crippen molar-refractivity contribution >= 4 is 18.0 Å². The number of nitrogens with one attached hydrogen (secondary N) is 1. The van der Waals surface area contributed by atoms with Crippen LogP contribution >= 0.6 is 0 Å². The van der Waals surface area contributed by atoms with E-state index in [9.17, 15) is 14.4 Å². The third kappa shape index (κ3) is 4.85. The van der Waals surface area contributed by atoms with E-state index in [0.717, 1.165) is 22.3 Å². The number of hydrogen-bond acceptors (Lipinski definition) is 4. The molecule has 2 atom stereocenters. The van der Waals surface area contributed by atoms with Crippen LogP contribution in [0.1, 0.15) is 36.8 Å². The molecular formula is C26H26N2O5. The zero-order valence-corrected chi connectivity index (χ0v) is 18.4. The number of hydrogen-bond donors (Lipinski definition) is 2. The van der Waals surface area contributed by atoms with Gasteiger partial charge in [-0.2, -0.15) is 0 Å². The van der Waals surface area contributed by atoms with E-state index in [1.54, 1.807) is 4.90 Å². The summed E-state index contributed by atoms with van der Waals surface area (Å²) >= 11 is 0. The van der Waals surface area contributed by atoms with E-state index in [1.165, 1.54) is 0 Å². The quantitative estimate of drug-likeness (QED) is 0.703. The molecule has 1 heterocycles. The molecule has 7 nitrogen and oxygen atoms in total. The third-order valence-corrected chi connectivity index (χ3v) is 6.35. The number of ether oxygens (including phenoxy) is 1. The van der Waals surface area contributed by atoms with E-state index < -0.39 is 18.0 Å². The van der Waals surface area contributed by atoms with Crippen molar-refractivity contribution in [3.63, 3.8) is 0 Å². The van der Waals surface area contributed by atoms with Crippen molar-refractivity contribution in [3.8, 4) is 23.0 Å². The van der Waals surface area contributed by atoms with Gasteiger partial charge in [0.15, 0.2) is 0 Å². The Balaban J connectivity index is 1.26. The van der Waals surface area contributed by atoms with Gasteiger partial charge in [-0.3, -0.25) is 9.59 Å². The largest absolute Gasteiger partial charge is 0.481 e. The Kier molecular flexibility index (Phi) is 6.64. The monoisotopic (exact) mass is 446 g/mol. The minimum atomic E-state index is -0.827. The summed E-state index contributed by atoms with van der Waals surface area (Å²) < 4.78 is 5.45. The highest BCUT2D eigenvalue weighted by Gasteiger charge is 2.32. The molecule has 33 heavy (non-hydrogen) atoms. The predicted molar refractivity (Wildman–Crippen MR) is 122 cm³/mol. The van der Waals surface area contributed by atoms with Gasteiger partial charge in [0.1, 0.15) is 6.61 Å². The fourth-order valence-corrected chi connectivity index (χ4v) is 4.66. The summed E-state index contributed by atoms with van der Waals surface area (Å²) in [6, 6.07) is 16.0. The van der Waals surface area contributed by atoms with Crippen LogP contribution in [0.15, 0.2) is 48.5 Å². The second-order valence-corrected chi connectivity index (χ2v) is 8.39. The molecule has 0 aromatic heterocycles. The first-order valence-corrected chi connectivity index (χ1v) is 11.1. The van der Waals surface area contributed by atoms with Gasteiger partial charge in [-0.25, -0.2) is 4.79 Å². The van der Waals surface area contributed by atoms with E-state index in [1.807, 2.05) is 31.2 Å². The number of fused-ring (bicyclic) bond motifs is 3. The van der Waals surface area contributed by atoms with Gasteiger partial charge in [0.05, 0.1) is 12.5 Å². The Bertz CT molecular complexity index is 1090. The second kappa shape index (κ2) is 9.78. The molecule has 1 saturated heterocycles. The Morgan fingerprint density at radius 2 is 1.73 bits per heavy atom. The van der Waals surface area contributed by atoms with Crippen LogP contribution < -0.4 is 5.32 Å². The third-order valence-electron chi connectivity index (χ3n) is 6.35. The Labute approximate surface area is 192 Å². The first-order valence-electron chi connectivity index (χ1n) is 11.1. The Morgan fingerprint density at radius 1 is 1.09 bits per heavy atom. The molecule has 170 valence electrons. The molecule has 0 radical (unpaired) electrons. The molecule has 1 aliphatic heterocycles. The summed E-state index contributed by atoms with van der Waals surface area (Å²) in [6.45, 7) is 2.39. The molecule has 0 saturated carbocycles. The number of alkyl carbamates (subject to hydrolysis) is 1. The predicted octanol–water partition coefficient (Wildman–Crippen LogP) is 3.24. The van der Waals surface area contributed by atoms with Crippen molar-refractivity contribution in [3.05, 3.63) is 59.7 Å². The van der Waals surface area contributed by atoms with E-state index >= 15 is 0 Å². The number of benzene rings is 2. The first-order chi connectivity index (χ1) is 16.0. The van der Waals surface area contributed by atoms with Gasteiger partial charge < -0.3 is 20.1 Å². The van der Waals surface area contributed by atoms with Crippen LogP contribution in [-0.4, -0.2) is 53.7 Å². The maximum absolute atomic E-state index is 12.3. The molecular weight excluding hydrogens is 420 g/mol. The number of likely N-dealkylation sites (tertiary alicyclic amines) is 1. The molecule has 2 aromatic rings. The number of carboxylic acids is 1. The Morgan fingerprint density at radius 3 is 2.33 bits per heavy atom. The maximum Gasteiger partial charge on any atom is 0.407 e. The number of nitrogens with zero attached hydrogens (tertiary/aromatic N) is 1. The zero-order valence-electron chi connectivity index (χ0n) is 18.4. The molecule has 0 spiro atoms. The SMILES string of the molecule is C[C@@H]1C[C@H](C(=O)O)CCN1C(=O)C#CCNC(=O)OCC1c2ccccc2-c2ccccc21. The average Bonchev–Trinajstić information content (AvgIpc) is 3.14. The van der Waals surface area contributed by atoms with Crippen molar-refractivity contribution in [1.29, 1.82) is 0 Å². The number of carbonyl (C=O) groups is 3. The fraction of sp³-hybridized carbons (Fsp3) is 0.346. The maximum atomic E-state index is 12.3. The van der Waals surface area contributed by atoms with Crippen LogP contribution in [0.4, 0.5) is 4.79 Å². The van der Waals surface area contributed by atoms with Gasteiger partial charge in [0.25, 0.3) is 5.91 Å². The van der Waals surface area contributed by atoms with Crippen LogP contribution in [-0.2, 0) is 14.3 Å². The van der Waals surface area contributed by atoms with Crippen LogP contribution in [0.3, 0.4) is 0 Å². The van der Waals surface area contributed by atoms with Crippen LogP contribution in [0, 0.1) is 17.8 Å². The molecule has 1 fully saturated rings. The highest BCUT2D eigenvalue weighted by molar-refractivity contribution is 5.94. The van der Waals surface area contributed by atoms with Crippen LogP contribution in [0.25, 0.3) is 11.1 Å². The molecule has 2 aliphatic rings. The molecule has 2 amide bonds. The average molecular weight is 447 g/mol. The van der Waals surface area contributed by atoms with Gasteiger partial charge in [-0.05, 0) is 47.9 Å². The molecule has 2 aromatic carbocycles. The highest BCUT2D eigenvalue weighted by Crippen LogP contribution is 2.44. The number of carbonyl (C=O) groups excluding carboxylic acids is 2. The van der Waals surface area contributed by atoms with Crippen molar-refractivity contribution < 1.29 is 24.2 Å². The van der Waals surface area contributed by atoms with Crippen molar-refractivity contribution in [2.75, 3.05) is 19.7 Å². The molecule has 2 N–H and O–H groups in total. The first kappa shape index (κ1) is 22.4. The molecule has 1 aliphatic carbocycles. The summed E-state index contributed by atoms with van der Waals surface area (Å²) in [5, 5.41) is 11.7. The number of rotatable bonds is 4. The summed E-state index contributed by atoms with van der Waals surface area (Å²) in [4.78, 5) is 37.2. The van der Waals surface area contributed by atoms with Gasteiger partial charge in [-0.1, -0.05) is 54.5 Å². The van der Waals surface area contributed by atoms with Gasteiger partial charge in [-0.15, -0.1) is 0 Å². The normalized spacial score (nSPS) is 19.0. The molecule has 4 rings (SSSR count). The second-order valence-electron chi connectivity index (χ2n) is 8.39. The lowest BCUT2D eigenvalue weighted by Crippen LogP contribution is -2.45. The lowest BCUT2D eigenvalue weighted by Gasteiger charge is -2.34. The van der Waals surface area contributed by atoms with Gasteiger partial charge in [0.2, 0.25) is 0 Å². The summed E-state index contributed by atoms with van der Waals surface area (Å²) in [5.41, 5.74) is 4.59. The summed E-state index contributed by atoms with van der Waals surface area (Å²) in [5.74, 6) is 3.55. The van der Waals surface area contributed by atoms with Gasteiger partial charge in [0, 0.05) is 18.5 Å². The number of carboxylic acid groups (broad SMARTS) is 1. The van der Waals surface area contributed by atoms with E-state index in [-0.39, 0.29) is 31.0 Å². The smallest absolute Gasteiger partial charge is 0.407 e. The summed E-state index contributed by atoms with van der Waals surface area (Å²) in [7, 11) is 0. The molecule has 0 unspecified atom stereocenters. The molecule has 7 heteroatoms. The van der Waals surface area contributed by atoms with E-state index in [0.29, 0.717) is 19.4 Å². The van der Waals surface area contributed by atoms with Crippen molar-refractivity contribution in [2.24, 2.45) is 5.92 Å². The van der Waals surface area contributed by atoms with Crippen LogP contribution in [0.5, 0.6) is 0 Å². The Hall–Kier alpha value is -3.79. The van der Waals surface area contributed by atoms with Crippen molar-refractivity contribution in [2.45, 2.75) is 31.7 Å². The molecule has 0 bridgehead atoms. The van der Waals surface area contributed by atoms with E-state index in [2.05, 4.69) is 41.4 Å². The van der Waals surface area contributed by atoms with E-state index in [4.69, 9.17) is 9.84 Å². The highest BCUT2D eigenvalue weighted by atomic mass is 16.5. The number of amides is 2. The lowest BCUT2D eigenvalue weighted by atomic mass is 9.92. The standard InChI is InChI=1S/C26H26N2O5/c1-17-15-18(25(30)31)12-14-28(17)24(29)11-6-13-27-26(32)33-16-23-21-9-4-2-7-19(21)20-8-3-5-10-22(20)23/h2-5,7-10,17-18,23H,12-16H2,1H3,(H,27,32)(H,30,31)/t17-,18-/m1/s1. The summed E-state index contributed by atoms with van der Waals surface area (Å²) in [6.07, 6.45) is 0.250. The minimum Gasteiger partial charge on any atom is -0.481 e. The van der Waals surface area contributed by atoms with Gasteiger partial charge >= 0.3 is 12.1 Å². The fourth-order valence-electron chi connectivity index (χ4n) is 4.66. The number of aliphatic carboxylic acids is 1. The van der Waals surface area contributed by atoms with Crippen molar-refractivity contribution in [1.82, 2.24) is 10.2 Å². The number of piperidine rings is 1. The topological polar surface area (TPSA) is 95.9 Å². The zero-order chi connectivity index (χ0) is 23.4.